The summed E-state index contributed by atoms with van der Waals surface area (Å²) in [5.41, 5.74) is 5.79. The van der Waals surface area contributed by atoms with Crippen molar-refractivity contribution in [1.82, 2.24) is 0 Å². The third kappa shape index (κ3) is 2.62. The summed E-state index contributed by atoms with van der Waals surface area (Å²) < 4.78 is 33.0. The molecule has 3 atom stereocenters. The molecule has 1 saturated carbocycles. The van der Waals surface area contributed by atoms with Crippen molar-refractivity contribution in [1.29, 1.82) is 0 Å². The smallest absolute Gasteiger partial charge is 0.258 e. The molecular formula is C15H19F2NO2. The molecule has 1 aliphatic carbocycles. The van der Waals surface area contributed by atoms with Gasteiger partial charge >= 0.3 is 0 Å². The lowest BCUT2D eigenvalue weighted by molar-refractivity contribution is -0.122. The summed E-state index contributed by atoms with van der Waals surface area (Å²) in [7, 11) is 1.50. The molecule has 0 radical (unpaired) electrons. The first kappa shape index (κ1) is 14.8. The van der Waals surface area contributed by atoms with Crippen molar-refractivity contribution in [2.75, 3.05) is 7.11 Å². The first-order chi connectivity index (χ1) is 9.41. The number of primary amides is 1. The van der Waals surface area contributed by atoms with Gasteiger partial charge < -0.3 is 10.5 Å². The molecular weight excluding hydrogens is 264 g/mol. The van der Waals surface area contributed by atoms with Crippen LogP contribution in [0.2, 0.25) is 0 Å². The van der Waals surface area contributed by atoms with Gasteiger partial charge in [0.1, 0.15) is 5.75 Å². The number of methoxy groups -OCH3 is 1. The van der Waals surface area contributed by atoms with Crippen molar-refractivity contribution in [2.45, 2.75) is 31.6 Å². The molecule has 0 heterocycles. The van der Waals surface area contributed by atoms with Gasteiger partial charge in [-0.1, -0.05) is 19.1 Å². The minimum atomic E-state index is -2.77. The SMILES string of the molecule is CCC(C[C@H]1[C@H](c2cccc(OC)c2)C1(F)F)C(N)=O. The first-order valence-corrected chi connectivity index (χ1v) is 6.72. The van der Waals surface area contributed by atoms with E-state index in [1.54, 1.807) is 31.2 Å². The molecule has 110 valence electrons. The van der Waals surface area contributed by atoms with Crippen LogP contribution < -0.4 is 10.5 Å². The summed E-state index contributed by atoms with van der Waals surface area (Å²) in [6, 6.07) is 6.72. The van der Waals surface area contributed by atoms with Crippen LogP contribution >= 0.6 is 0 Å². The van der Waals surface area contributed by atoms with Gasteiger partial charge in [0.15, 0.2) is 0 Å². The molecule has 1 aromatic rings. The van der Waals surface area contributed by atoms with Gasteiger partial charge in [0.05, 0.1) is 13.0 Å². The summed E-state index contributed by atoms with van der Waals surface area (Å²) in [5, 5.41) is 0. The summed E-state index contributed by atoms with van der Waals surface area (Å²) in [4.78, 5) is 11.2. The lowest BCUT2D eigenvalue weighted by Gasteiger charge is -2.09. The number of hydrogen-bond donors (Lipinski definition) is 1. The zero-order chi connectivity index (χ0) is 14.9. The lowest BCUT2D eigenvalue weighted by atomic mass is 9.96. The minimum absolute atomic E-state index is 0.140. The van der Waals surface area contributed by atoms with E-state index < -0.39 is 29.6 Å². The highest BCUT2D eigenvalue weighted by Crippen LogP contribution is 2.64. The van der Waals surface area contributed by atoms with Gasteiger partial charge in [0.25, 0.3) is 5.92 Å². The highest BCUT2D eigenvalue weighted by atomic mass is 19.3. The Morgan fingerprint density at radius 3 is 2.75 bits per heavy atom. The average Bonchev–Trinajstić information content (AvgIpc) is 2.96. The molecule has 0 spiro atoms. The molecule has 1 unspecified atom stereocenters. The van der Waals surface area contributed by atoms with Crippen LogP contribution in [0, 0.1) is 11.8 Å². The van der Waals surface area contributed by atoms with Gasteiger partial charge in [-0.3, -0.25) is 4.79 Å². The topological polar surface area (TPSA) is 52.3 Å². The number of ether oxygens (including phenoxy) is 1. The van der Waals surface area contributed by atoms with E-state index in [0.29, 0.717) is 17.7 Å². The van der Waals surface area contributed by atoms with Crippen LogP contribution in [0.4, 0.5) is 8.78 Å². The van der Waals surface area contributed by atoms with E-state index >= 15 is 0 Å². The number of nitrogens with two attached hydrogens (primary N) is 1. The highest BCUT2D eigenvalue weighted by Gasteiger charge is 2.68. The molecule has 0 aromatic heterocycles. The van der Waals surface area contributed by atoms with Gasteiger partial charge in [-0.05, 0) is 30.5 Å². The van der Waals surface area contributed by atoms with Gasteiger partial charge in [0.2, 0.25) is 5.91 Å². The molecule has 0 aliphatic heterocycles. The Kier molecular flexibility index (Phi) is 3.97. The Bertz CT molecular complexity index is 504. The third-order valence-corrected chi connectivity index (χ3v) is 4.09. The molecule has 2 rings (SSSR count). The fourth-order valence-corrected chi connectivity index (χ4v) is 2.76. The summed E-state index contributed by atoms with van der Waals surface area (Å²) in [6.45, 7) is 1.79. The normalized spacial score (nSPS) is 25.0. The van der Waals surface area contributed by atoms with Crippen LogP contribution in [0.25, 0.3) is 0 Å². The molecule has 5 heteroatoms. The van der Waals surface area contributed by atoms with E-state index in [1.165, 1.54) is 7.11 Å². The second kappa shape index (κ2) is 5.38. The summed E-state index contributed by atoms with van der Waals surface area (Å²) in [6.07, 6.45) is 0.632. The molecule has 3 nitrogen and oxygen atoms in total. The molecule has 1 aromatic carbocycles. The standard InChI is InChI=1S/C15H19F2NO2/c1-3-9(14(18)19)8-12-13(15(12,16)17)10-5-4-6-11(7-10)20-2/h4-7,9,12-13H,3,8H2,1-2H3,(H2,18,19)/t9?,12-,13-/m0/s1. The third-order valence-electron chi connectivity index (χ3n) is 4.09. The highest BCUT2D eigenvalue weighted by molar-refractivity contribution is 5.76. The molecule has 20 heavy (non-hydrogen) atoms. The van der Waals surface area contributed by atoms with E-state index in [-0.39, 0.29) is 6.42 Å². The molecule has 0 saturated heterocycles. The molecule has 1 aliphatic rings. The zero-order valence-corrected chi connectivity index (χ0v) is 11.6. The van der Waals surface area contributed by atoms with E-state index in [9.17, 15) is 13.6 Å². The van der Waals surface area contributed by atoms with Crippen molar-refractivity contribution >= 4 is 5.91 Å². The van der Waals surface area contributed by atoms with Crippen LogP contribution in [0.15, 0.2) is 24.3 Å². The minimum Gasteiger partial charge on any atom is -0.497 e. The first-order valence-electron chi connectivity index (χ1n) is 6.72. The van der Waals surface area contributed by atoms with Crippen LogP contribution in [0.1, 0.15) is 31.2 Å². The van der Waals surface area contributed by atoms with Crippen LogP contribution in [0.3, 0.4) is 0 Å². The fourth-order valence-electron chi connectivity index (χ4n) is 2.76. The maximum atomic E-state index is 13.9. The number of amides is 1. The predicted octanol–water partition coefficient (Wildman–Crippen LogP) is 2.95. The van der Waals surface area contributed by atoms with Crippen molar-refractivity contribution in [2.24, 2.45) is 17.6 Å². The van der Waals surface area contributed by atoms with Crippen molar-refractivity contribution < 1.29 is 18.3 Å². The Morgan fingerprint density at radius 2 is 2.20 bits per heavy atom. The van der Waals surface area contributed by atoms with Crippen LogP contribution in [0.5, 0.6) is 5.75 Å². The Morgan fingerprint density at radius 1 is 1.50 bits per heavy atom. The Balaban J connectivity index is 2.15. The van der Waals surface area contributed by atoms with Gasteiger partial charge in [0, 0.05) is 11.8 Å². The van der Waals surface area contributed by atoms with Crippen molar-refractivity contribution in [3.63, 3.8) is 0 Å². The van der Waals surface area contributed by atoms with E-state index in [1.807, 2.05) is 0 Å². The summed E-state index contributed by atoms with van der Waals surface area (Å²) in [5.74, 6) is -4.85. The molecule has 1 amide bonds. The average molecular weight is 283 g/mol. The molecule has 2 N–H and O–H groups in total. The maximum absolute atomic E-state index is 13.9. The van der Waals surface area contributed by atoms with Gasteiger partial charge in [-0.25, -0.2) is 8.78 Å². The number of halogens is 2. The fraction of sp³-hybridized carbons (Fsp3) is 0.533. The number of alkyl halides is 2. The number of carbonyl (C=O) groups excluding carboxylic acids is 1. The summed E-state index contributed by atoms with van der Waals surface area (Å²) >= 11 is 0. The zero-order valence-electron chi connectivity index (χ0n) is 11.6. The maximum Gasteiger partial charge on any atom is 0.258 e. The number of benzene rings is 1. The van der Waals surface area contributed by atoms with Crippen LogP contribution in [-0.4, -0.2) is 18.9 Å². The van der Waals surface area contributed by atoms with Crippen molar-refractivity contribution in [3.05, 3.63) is 29.8 Å². The van der Waals surface area contributed by atoms with E-state index in [0.717, 1.165) is 0 Å². The van der Waals surface area contributed by atoms with E-state index in [4.69, 9.17) is 10.5 Å². The quantitative estimate of drug-likeness (QED) is 0.872. The number of rotatable bonds is 6. The van der Waals surface area contributed by atoms with Crippen molar-refractivity contribution in [3.8, 4) is 5.75 Å². The monoisotopic (exact) mass is 283 g/mol. The van der Waals surface area contributed by atoms with Gasteiger partial charge in [-0.15, -0.1) is 0 Å². The Labute approximate surface area is 117 Å². The van der Waals surface area contributed by atoms with Crippen LogP contribution in [-0.2, 0) is 4.79 Å². The Hall–Kier alpha value is -1.65. The second-order valence-corrected chi connectivity index (χ2v) is 5.28. The lowest BCUT2D eigenvalue weighted by Crippen LogP contribution is -2.23. The largest absolute Gasteiger partial charge is 0.497 e. The predicted molar refractivity (Wildman–Crippen MR) is 71.8 cm³/mol. The second-order valence-electron chi connectivity index (χ2n) is 5.28. The number of carbonyl (C=O) groups is 1. The number of hydrogen-bond acceptors (Lipinski definition) is 2. The molecule has 0 bridgehead atoms. The molecule has 1 fully saturated rings. The van der Waals surface area contributed by atoms with E-state index in [2.05, 4.69) is 0 Å². The van der Waals surface area contributed by atoms with Gasteiger partial charge in [-0.2, -0.15) is 0 Å².